The maximum Gasteiger partial charge on any atom is 0.427 e. The van der Waals surface area contributed by atoms with Crippen LogP contribution in [0.4, 0.5) is 0 Å². The van der Waals surface area contributed by atoms with Crippen LogP contribution in [0.3, 0.4) is 0 Å². The molecule has 0 spiro atoms. The molecular formula is C42H72O2Si. The molecule has 2 aromatic rings. The smallest absolute Gasteiger partial charge is 0.427 e. The fraction of sp³-hybridized carbons (Fsp3) is 0.714. The Morgan fingerprint density at radius 2 is 0.667 bits per heavy atom. The molecule has 0 fully saturated rings. The number of benzene rings is 2. The Morgan fingerprint density at radius 1 is 0.378 bits per heavy atom. The summed E-state index contributed by atoms with van der Waals surface area (Å²) in [5.74, 6) is 1.94. The van der Waals surface area contributed by atoms with Gasteiger partial charge in [-0.25, -0.2) is 0 Å². The van der Waals surface area contributed by atoms with Crippen molar-refractivity contribution in [1.29, 1.82) is 0 Å². The number of hydrogen-bond acceptors (Lipinski definition) is 2. The second-order valence-corrected chi connectivity index (χ2v) is 14.5. The molecule has 0 aromatic heterocycles. The molecule has 0 bridgehead atoms. The Bertz CT molecular complexity index is 840. The monoisotopic (exact) mass is 637 g/mol. The first-order valence-electron chi connectivity index (χ1n) is 19.7. The maximum atomic E-state index is 6.11. The van der Waals surface area contributed by atoms with E-state index in [4.69, 9.17) is 8.85 Å². The summed E-state index contributed by atoms with van der Waals surface area (Å²) >= 11 is 0. The molecule has 0 amide bonds. The van der Waals surface area contributed by atoms with E-state index in [2.05, 4.69) is 62.4 Å². The van der Waals surface area contributed by atoms with Crippen molar-refractivity contribution in [3.63, 3.8) is 0 Å². The van der Waals surface area contributed by atoms with Gasteiger partial charge in [0, 0.05) is 0 Å². The largest absolute Gasteiger partial charge is 0.516 e. The van der Waals surface area contributed by atoms with E-state index in [1.807, 2.05) is 0 Å². The van der Waals surface area contributed by atoms with Crippen molar-refractivity contribution in [2.24, 2.45) is 0 Å². The van der Waals surface area contributed by atoms with E-state index >= 15 is 0 Å². The second kappa shape index (κ2) is 29.6. The minimum atomic E-state index is -1.11. The highest BCUT2D eigenvalue weighted by Crippen LogP contribution is 2.20. The summed E-state index contributed by atoms with van der Waals surface area (Å²) in [7, 11) is -1.11. The highest BCUT2D eigenvalue weighted by Gasteiger charge is 2.02. The number of unbranched alkanes of at least 4 members (excludes halogenated alkanes) is 24. The number of rotatable bonds is 32. The van der Waals surface area contributed by atoms with Crippen LogP contribution in [-0.2, 0) is 12.8 Å². The van der Waals surface area contributed by atoms with Crippen molar-refractivity contribution in [2.45, 2.75) is 194 Å². The zero-order chi connectivity index (χ0) is 31.9. The molecule has 0 aliphatic rings. The van der Waals surface area contributed by atoms with E-state index in [1.54, 1.807) is 0 Å². The molecule has 0 aliphatic heterocycles. The van der Waals surface area contributed by atoms with E-state index in [9.17, 15) is 0 Å². The lowest BCUT2D eigenvalue weighted by Gasteiger charge is -2.11. The van der Waals surface area contributed by atoms with Gasteiger partial charge < -0.3 is 8.85 Å². The van der Waals surface area contributed by atoms with Crippen LogP contribution in [-0.4, -0.2) is 10.0 Å². The fourth-order valence-corrected chi connectivity index (χ4v) is 7.13. The Hall–Kier alpha value is -1.74. The average Bonchev–Trinajstić information content (AvgIpc) is 3.06. The minimum Gasteiger partial charge on any atom is -0.516 e. The number of hydrogen-bond donors (Lipinski definition) is 0. The van der Waals surface area contributed by atoms with Gasteiger partial charge >= 0.3 is 10.0 Å². The van der Waals surface area contributed by atoms with Gasteiger partial charge in [-0.05, 0) is 61.1 Å². The molecule has 0 saturated heterocycles. The molecule has 256 valence electrons. The molecule has 3 heteroatoms. The third-order valence-corrected chi connectivity index (χ3v) is 10.3. The lowest BCUT2D eigenvalue weighted by molar-refractivity contribution is 0.458. The number of aryl methyl sites for hydroxylation is 2. The van der Waals surface area contributed by atoms with Crippen LogP contribution in [0.1, 0.15) is 192 Å². The molecule has 0 atom stereocenters. The molecular weight excluding hydrogens is 565 g/mol. The molecule has 0 aliphatic carbocycles. The lowest BCUT2D eigenvalue weighted by atomic mass is 10.0. The maximum absolute atomic E-state index is 6.11. The van der Waals surface area contributed by atoms with Crippen molar-refractivity contribution in [1.82, 2.24) is 0 Å². The van der Waals surface area contributed by atoms with E-state index < -0.39 is 10.0 Å². The predicted octanol–water partition coefficient (Wildman–Crippen LogP) is 13.4. The third kappa shape index (κ3) is 23.3. The van der Waals surface area contributed by atoms with Crippen LogP contribution in [0.15, 0.2) is 48.5 Å². The van der Waals surface area contributed by atoms with E-state index in [0.717, 1.165) is 24.3 Å². The van der Waals surface area contributed by atoms with Crippen molar-refractivity contribution in [3.8, 4) is 11.5 Å². The third-order valence-electron chi connectivity index (χ3n) is 9.39. The summed E-state index contributed by atoms with van der Waals surface area (Å²) in [4.78, 5) is 0. The first-order valence-corrected chi connectivity index (χ1v) is 20.9. The van der Waals surface area contributed by atoms with Crippen LogP contribution in [0.5, 0.6) is 11.5 Å². The molecule has 2 aromatic carbocycles. The Morgan fingerprint density at radius 3 is 0.978 bits per heavy atom. The summed E-state index contributed by atoms with van der Waals surface area (Å²) in [6.07, 6.45) is 38.8. The van der Waals surface area contributed by atoms with Gasteiger partial charge in [-0.3, -0.25) is 0 Å². The van der Waals surface area contributed by atoms with Gasteiger partial charge in [0.1, 0.15) is 11.5 Å². The fourth-order valence-electron chi connectivity index (χ4n) is 6.44. The molecule has 2 nitrogen and oxygen atoms in total. The minimum absolute atomic E-state index is 0.969. The van der Waals surface area contributed by atoms with E-state index in [1.165, 1.54) is 178 Å². The van der Waals surface area contributed by atoms with Crippen molar-refractivity contribution in [3.05, 3.63) is 59.7 Å². The second-order valence-electron chi connectivity index (χ2n) is 13.7. The highest BCUT2D eigenvalue weighted by atomic mass is 28.3. The van der Waals surface area contributed by atoms with Gasteiger partial charge in [-0.15, -0.1) is 0 Å². The van der Waals surface area contributed by atoms with Crippen LogP contribution in [0.2, 0.25) is 0 Å². The van der Waals surface area contributed by atoms with Gasteiger partial charge in [0.25, 0.3) is 0 Å². The van der Waals surface area contributed by atoms with Crippen molar-refractivity contribution in [2.75, 3.05) is 0 Å². The quantitative estimate of drug-likeness (QED) is 0.0587. The molecule has 2 rings (SSSR count). The summed E-state index contributed by atoms with van der Waals surface area (Å²) in [5.41, 5.74) is 2.79. The van der Waals surface area contributed by atoms with Crippen molar-refractivity contribution >= 4 is 10.0 Å². The summed E-state index contributed by atoms with van der Waals surface area (Å²) in [6.45, 7) is 4.59. The molecule has 0 radical (unpaired) electrons. The average molecular weight is 637 g/mol. The zero-order valence-electron chi connectivity index (χ0n) is 29.9. The molecule has 0 saturated carbocycles. The predicted molar refractivity (Wildman–Crippen MR) is 201 cm³/mol. The van der Waals surface area contributed by atoms with Crippen LogP contribution in [0.25, 0.3) is 0 Å². The molecule has 0 heterocycles. The van der Waals surface area contributed by atoms with Crippen LogP contribution >= 0.6 is 0 Å². The lowest BCUT2D eigenvalue weighted by Crippen LogP contribution is -2.11. The molecule has 0 N–H and O–H groups in total. The Labute approximate surface area is 282 Å². The van der Waals surface area contributed by atoms with E-state index in [0.29, 0.717) is 0 Å². The zero-order valence-corrected chi connectivity index (χ0v) is 31.4. The molecule has 0 unspecified atom stereocenters. The normalized spacial score (nSPS) is 11.2. The van der Waals surface area contributed by atoms with Gasteiger partial charge in [-0.1, -0.05) is 192 Å². The van der Waals surface area contributed by atoms with Gasteiger partial charge in [0.2, 0.25) is 0 Å². The highest BCUT2D eigenvalue weighted by molar-refractivity contribution is 6.20. The molecule has 45 heavy (non-hydrogen) atoms. The van der Waals surface area contributed by atoms with Gasteiger partial charge in [0.05, 0.1) is 0 Å². The Kier molecular flexibility index (Phi) is 26.0. The van der Waals surface area contributed by atoms with Crippen LogP contribution in [0, 0.1) is 0 Å². The van der Waals surface area contributed by atoms with Crippen LogP contribution < -0.4 is 8.85 Å². The Balaban J connectivity index is 1.46. The standard InChI is InChI=1S/C42H72O2Si/c1-3-5-7-9-11-13-15-17-19-21-23-25-27-31-39-33-29-35-41(37-39)43-45-44-42-36-30-34-40(38-42)32-28-26-24-22-20-18-16-14-12-10-8-6-4-2/h29-30,33-38H,3-28,31-32,45H2,1-2H3. The first kappa shape index (κ1) is 39.4. The van der Waals surface area contributed by atoms with Gasteiger partial charge in [0.15, 0.2) is 0 Å². The van der Waals surface area contributed by atoms with Crippen molar-refractivity contribution < 1.29 is 8.85 Å². The summed E-state index contributed by atoms with van der Waals surface area (Å²) < 4.78 is 12.2. The first-order chi connectivity index (χ1) is 22.3. The van der Waals surface area contributed by atoms with Gasteiger partial charge in [-0.2, -0.15) is 0 Å². The summed E-state index contributed by atoms with van der Waals surface area (Å²) in [6, 6.07) is 17.4. The summed E-state index contributed by atoms with van der Waals surface area (Å²) in [5, 5.41) is 0. The topological polar surface area (TPSA) is 18.5 Å². The SMILES string of the molecule is CCCCCCCCCCCCCCCc1cccc(O[SiH2]Oc2cccc(CCCCCCCCCCCCCCC)c2)c1. The van der Waals surface area contributed by atoms with E-state index in [-0.39, 0.29) is 0 Å².